The summed E-state index contributed by atoms with van der Waals surface area (Å²) in [6.45, 7) is -0.135. The van der Waals surface area contributed by atoms with Crippen LogP contribution in [-0.2, 0) is 17.6 Å². The lowest BCUT2D eigenvalue weighted by Gasteiger charge is -2.16. The highest BCUT2D eigenvalue weighted by molar-refractivity contribution is 5.78. The number of aliphatic hydroxyl groups is 1. The summed E-state index contributed by atoms with van der Waals surface area (Å²) in [7, 11) is 0. The van der Waals surface area contributed by atoms with Gasteiger partial charge in [-0.05, 0) is 29.7 Å². The molecule has 4 heteroatoms. The molecule has 2 aromatic rings. The molecule has 0 unspecified atom stereocenters. The number of carbonyl (C=O) groups is 1. The third-order valence-corrected chi connectivity index (χ3v) is 3.16. The van der Waals surface area contributed by atoms with Crippen LogP contribution in [0.1, 0.15) is 11.1 Å². The Morgan fingerprint density at radius 1 is 1.10 bits per heavy atom. The van der Waals surface area contributed by atoms with Gasteiger partial charge in [0.1, 0.15) is 5.82 Å². The zero-order valence-electron chi connectivity index (χ0n) is 11.6. The molecule has 1 amide bonds. The van der Waals surface area contributed by atoms with Gasteiger partial charge in [0, 0.05) is 0 Å². The van der Waals surface area contributed by atoms with Gasteiger partial charge in [-0.15, -0.1) is 0 Å². The molecule has 0 aromatic heterocycles. The Hall–Kier alpha value is -2.20. The minimum absolute atomic E-state index is 0.100. The van der Waals surface area contributed by atoms with Crippen LogP contribution in [0.2, 0.25) is 0 Å². The first-order chi connectivity index (χ1) is 10.2. The van der Waals surface area contributed by atoms with E-state index in [0.29, 0.717) is 12.0 Å². The van der Waals surface area contributed by atoms with Crippen LogP contribution in [0.3, 0.4) is 0 Å². The lowest BCUT2D eigenvalue weighted by Crippen LogP contribution is -2.39. The molecule has 0 aliphatic rings. The quantitative estimate of drug-likeness (QED) is 0.854. The summed E-state index contributed by atoms with van der Waals surface area (Å²) < 4.78 is 13.1. The molecule has 0 aliphatic carbocycles. The van der Waals surface area contributed by atoms with Gasteiger partial charge in [-0.3, -0.25) is 4.79 Å². The van der Waals surface area contributed by atoms with E-state index >= 15 is 0 Å². The van der Waals surface area contributed by atoms with Gasteiger partial charge in [-0.1, -0.05) is 42.5 Å². The molecule has 3 nitrogen and oxygen atoms in total. The van der Waals surface area contributed by atoms with Gasteiger partial charge in [0.2, 0.25) is 5.91 Å². The number of rotatable bonds is 6. The molecule has 2 N–H and O–H groups in total. The zero-order valence-corrected chi connectivity index (χ0v) is 11.6. The maximum atomic E-state index is 13.1. The molecule has 0 radical (unpaired) electrons. The highest BCUT2D eigenvalue weighted by Crippen LogP contribution is 2.06. The Morgan fingerprint density at radius 2 is 1.81 bits per heavy atom. The maximum Gasteiger partial charge on any atom is 0.224 e. The third kappa shape index (κ3) is 5.00. The smallest absolute Gasteiger partial charge is 0.224 e. The number of hydrogen-bond acceptors (Lipinski definition) is 2. The largest absolute Gasteiger partial charge is 0.394 e. The first kappa shape index (κ1) is 15.2. The van der Waals surface area contributed by atoms with Crippen LogP contribution < -0.4 is 5.32 Å². The zero-order chi connectivity index (χ0) is 15.1. The monoisotopic (exact) mass is 287 g/mol. The van der Waals surface area contributed by atoms with E-state index in [9.17, 15) is 14.3 Å². The molecule has 110 valence electrons. The van der Waals surface area contributed by atoms with Crippen LogP contribution in [0.25, 0.3) is 0 Å². The molecule has 0 fully saturated rings. The van der Waals surface area contributed by atoms with Gasteiger partial charge in [-0.2, -0.15) is 0 Å². The van der Waals surface area contributed by atoms with Crippen molar-refractivity contribution in [1.82, 2.24) is 5.32 Å². The normalized spacial score (nSPS) is 11.9. The van der Waals surface area contributed by atoms with Gasteiger partial charge < -0.3 is 10.4 Å². The molecule has 21 heavy (non-hydrogen) atoms. The number of aliphatic hydroxyl groups excluding tert-OH is 1. The molecular formula is C17H18FNO2. The molecule has 1 atom stereocenters. The van der Waals surface area contributed by atoms with E-state index in [-0.39, 0.29) is 30.8 Å². The minimum atomic E-state index is -0.358. The van der Waals surface area contributed by atoms with Crippen LogP contribution in [-0.4, -0.2) is 23.7 Å². The predicted octanol–water partition coefficient (Wildman–Crippen LogP) is 2.09. The standard InChI is InChI=1S/C17H18FNO2/c18-15-8-4-7-14(9-15)11-17(21)19-16(12-20)10-13-5-2-1-3-6-13/h1-9,16,20H,10-12H2,(H,19,21)/t16-/m0/s1. The molecule has 0 bridgehead atoms. The summed E-state index contributed by atoms with van der Waals surface area (Å²) in [4.78, 5) is 11.9. The van der Waals surface area contributed by atoms with Crippen molar-refractivity contribution in [3.63, 3.8) is 0 Å². The van der Waals surface area contributed by atoms with E-state index in [4.69, 9.17) is 0 Å². The SMILES string of the molecule is O=C(Cc1cccc(F)c1)N[C@H](CO)Cc1ccccc1. The lowest BCUT2D eigenvalue weighted by molar-refractivity contribution is -0.121. The van der Waals surface area contributed by atoms with E-state index in [1.807, 2.05) is 30.3 Å². The average Bonchev–Trinajstić information content (AvgIpc) is 2.47. The topological polar surface area (TPSA) is 49.3 Å². The minimum Gasteiger partial charge on any atom is -0.394 e. The van der Waals surface area contributed by atoms with Crippen molar-refractivity contribution in [2.45, 2.75) is 18.9 Å². The summed E-state index contributed by atoms with van der Waals surface area (Å²) >= 11 is 0. The average molecular weight is 287 g/mol. The van der Waals surface area contributed by atoms with E-state index in [1.54, 1.807) is 12.1 Å². The van der Waals surface area contributed by atoms with Crippen molar-refractivity contribution in [3.8, 4) is 0 Å². The molecular weight excluding hydrogens is 269 g/mol. The molecule has 0 saturated carbocycles. The molecule has 0 saturated heterocycles. The van der Waals surface area contributed by atoms with Crippen molar-refractivity contribution >= 4 is 5.91 Å². The summed E-state index contributed by atoms with van der Waals surface area (Å²) in [6.07, 6.45) is 0.662. The Balaban J connectivity index is 1.90. The van der Waals surface area contributed by atoms with Crippen LogP contribution in [0, 0.1) is 5.82 Å². The summed E-state index contributed by atoms with van der Waals surface area (Å²) in [5, 5.41) is 12.1. The highest BCUT2D eigenvalue weighted by atomic mass is 19.1. The van der Waals surface area contributed by atoms with Crippen molar-refractivity contribution in [2.75, 3.05) is 6.61 Å². The van der Waals surface area contributed by atoms with E-state index in [0.717, 1.165) is 5.56 Å². The number of nitrogens with one attached hydrogen (secondary N) is 1. The number of benzene rings is 2. The number of amides is 1. The van der Waals surface area contributed by atoms with E-state index < -0.39 is 0 Å². The fraction of sp³-hybridized carbons (Fsp3) is 0.235. The fourth-order valence-corrected chi connectivity index (χ4v) is 2.17. The lowest BCUT2D eigenvalue weighted by atomic mass is 10.1. The van der Waals surface area contributed by atoms with E-state index in [2.05, 4.69) is 5.32 Å². The first-order valence-electron chi connectivity index (χ1n) is 6.86. The van der Waals surface area contributed by atoms with Gasteiger partial charge in [0.15, 0.2) is 0 Å². The van der Waals surface area contributed by atoms with Gasteiger partial charge in [0.25, 0.3) is 0 Å². The van der Waals surface area contributed by atoms with E-state index in [1.165, 1.54) is 12.1 Å². The second-order valence-corrected chi connectivity index (χ2v) is 4.94. The second kappa shape index (κ2) is 7.55. The number of carbonyl (C=O) groups excluding carboxylic acids is 1. The van der Waals surface area contributed by atoms with Crippen molar-refractivity contribution in [2.24, 2.45) is 0 Å². The maximum absolute atomic E-state index is 13.1. The summed E-state index contributed by atoms with van der Waals surface area (Å²) in [5.74, 6) is -0.584. The second-order valence-electron chi connectivity index (χ2n) is 4.94. The fourth-order valence-electron chi connectivity index (χ4n) is 2.17. The van der Waals surface area contributed by atoms with Crippen LogP contribution >= 0.6 is 0 Å². The van der Waals surface area contributed by atoms with Crippen LogP contribution in [0.5, 0.6) is 0 Å². The molecule has 0 spiro atoms. The Morgan fingerprint density at radius 3 is 2.48 bits per heavy atom. The highest BCUT2D eigenvalue weighted by Gasteiger charge is 2.12. The van der Waals surface area contributed by atoms with Crippen LogP contribution in [0.15, 0.2) is 54.6 Å². The van der Waals surface area contributed by atoms with Crippen molar-refractivity contribution in [1.29, 1.82) is 0 Å². The Kier molecular flexibility index (Phi) is 5.46. The number of halogens is 1. The summed E-state index contributed by atoms with van der Waals surface area (Å²) in [6, 6.07) is 15.3. The Bertz CT molecular complexity index is 586. The summed E-state index contributed by atoms with van der Waals surface area (Å²) in [5.41, 5.74) is 1.66. The van der Waals surface area contributed by atoms with Gasteiger partial charge in [-0.25, -0.2) is 4.39 Å². The third-order valence-electron chi connectivity index (χ3n) is 3.16. The van der Waals surface area contributed by atoms with Crippen molar-refractivity contribution < 1.29 is 14.3 Å². The molecule has 0 heterocycles. The molecule has 2 aromatic carbocycles. The van der Waals surface area contributed by atoms with Crippen molar-refractivity contribution in [3.05, 3.63) is 71.5 Å². The number of hydrogen-bond donors (Lipinski definition) is 2. The first-order valence-corrected chi connectivity index (χ1v) is 6.86. The van der Waals surface area contributed by atoms with Gasteiger partial charge >= 0.3 is 0 Å². The van der Waals surface area contributed by atoms with Gasteiger partial charge in [0.05, 0.1) is 19.1 Å². The van der Waals surface area contributed by atoms with Crippen LogP contribution in [0.4, 0.5) is 4.39 Å². The molecule has 0 aliphatic heterocycles. The molecule has 2 rings (SSSR count). The Labute approximate surface area is 123 Å². The predicted molar refractivity (Wildman–Crippen MR) is 79.3 cm³/mol.